The van der Waals surface area contributed by atoms with E-state index in [0.717, 1.165) is 0 Å². The molecule has 0 heterocycles. The van der Waals surface area contributed by atoms with Gasteiger partial charge in [-0.2, -0.15) is 0 Å². The third-order valence-corrected chi connectivity index (χ3v) is 4.22. The molecule has 1 amide bonds. The fraction of sp³-hybridized carbons (Fsp3) is 0.231. The molecule has 0 unspecified atom stereocenters. The minimum atomic E-state index is -3.46. The molecule has 0 atom stereocenters. The average molecular weight is 342 g/mol. The van der Waals surface area contributed by atoms with E-state index in [-0.39, 0.29) is 21.7 Å². The van der Waals surface area contributed by atoms with Crippen LogP contribution in [0, 0.1) is 0 Å². The molecule has 0 spiro atoms. The van der Waals surface area contributed by atoms with Crippen molar-refractivity contribution in [3.63, 3.8) is 0 Å². The minimum Gasteiger partial charge on any atom is -0.375 e. The SMILES string of the molecule is CC(=O)Nc1ccc(S(=O)(=O)C/C=C(/C)NNC(N)=S)cc1. The van der Waals surface area contributed by atoms with Crippen LogP contribution in [0.2, 0.25) is 0 Å². The molecule has 0 saturated carbocycles. The van der Waals surface area contributed by atoms with E-state index in [1.54, 1.807) is 6.92 Å². The molecule has 5 N–H and O–H groups in total. The topological polar surface area (TPSA) is 113 Å². The third-order valence-electron chi connectivity index (χ3n) is 2.53. The number of hydrazine groups is 1. The number of amides is 1. The molecule has 1 rings (SSSR count). The lowest BCUT2D eigenvalue weighted by molar-refractivity contribution is -0.114. The Labute approximate surface area is 134 Å². The summed E-state index contributed by atoms with van der Waals surface area (Å²) in [5.41, 5.74) is 11.5. The molecular formula is C13H18N4O3S2. The van der Waals surface area contributed by atoms with Gasteiger partial charge in [0.1, 0.15) is 0 Å². The van der Waals surface area contributed by atoms with Crippen molar-refractivity contribution >= 4 is 38.8 Å². The van der Waals surface area contributed by atoms with Crippen molar-refractivity contribution < 1.29 is 13.2 Å². The van der Waals surface area contributed by atoms with Crippen LogP contribution in [0.15, 0.2) is 40.9 Å². The van der Waals surface area contributed by atoms with E-state index in [2.05, 4.69) is 28.4 Å². The van der Waals surface area contributed by atoms with Crippen molar-refractivity contribution in [3.05, 3.63) is 36.0 Å². The molecule has 0 fully saturated rings. The highest BCUT2D eigenvalue weighted by Crippen LogP contribution is 2.15. The molecule has 0 radical (unpaired) electrons. The predicted octanol–water partition coefficient (Wildman–Crippen LogP) is 0.660. The number of hydrogen-bond acceptors (Lipinski definition) is 5. The lowest BCUT2D eigenvalue weighted by atomic mass is 10.3. The first kappa shape index (κ1) is 17.9. The van der Waals surface area contributed by atoms with Gasteiger partial charge >= 0.3 is 0 Å². The predicted molar refractivity (Wildman–Crippen MR) is 89.6 cm³/mol. The maximum absolute atomic E-state index is 12.2. The lowest BCUT2D eigenvalue weighted by Crippen LogP contribution is -2.39. The average Bonchev–Trinajstić information content (AvgIpc) is 2.43. The quantitative estimate of drug-likeness (QED) is 0.444. The number of benzene rings is 1. The van der Waals surface area contributed by atoms with Crippen molar-refractivity contribution in [1.29, 1.82) is 0 Å². The van der Waals surface area contributed by atoms with Crippen molar-refractivity contribution in [2.45, 2.75) is 18.7 Å². The van der Waals surface area contributed by atoms with Gasteiger partial charge in [0, 0.05) is 18.3 Å². The number of nitrogens with two attached hydrogens (primary N) is 1. The molecule has 22 heavy (non-hydrogen) atoms. The van der Waals surface area contributed by atoms with Gasteiger partial charge in [0.05, 0.1) is 10.6 Å². The number of rotatable bonds is 6. The first-order valence-electron chi connectivity index (χ1n) is 6.29. The second-order valence-corrected chi connectivity index (χ2v) is 6.96. The smallest absolute Gasteiger partial charge is 0.221 e. The first-order chi connectivity index (χ1) is 10.2. The van der Waals surface area contributed by atoms with Gasteiger partial charge < -0.3 is 16.5 Å². The van der Waals surface area contributed by atoms with E-state index >= 15 is 0 Å². The lowest BCUT2D eigenvalue weighted by Gasteiger charge is -2.08. The molecule has 1 aromatic carbocycles. The summed E-state index contributed by atoms with van der Waals surface area (Å²) in [4.78, 5) is 11.1. The summed E-state index contributed by atoms with van der Waals surface area (Å²) >= 11 is 4.62. The number of carbonyl (C=O) groups is 1. The van der Waals surface area contributed by atoms with Gasteiger partial charge in [-0.1, -0.05) is 0 Å². The second kappa shape index (κ2) is 7.76. The summed E-state index contributed by atoms with van der Waals surface area (Å²) in [6.07, 6.45) is 1.50. The Morgan fingerprint density at radius 3 is 2.32 bits per heavy atom. The fourth-order valence-corrected chi connectivity index (χ4v) is 2.75. The molecule has 0 aliphatic rings. The van der Waals surface area contributed by atoms with Crippen molar-refractivity contribution in [3.8, 4) is 0 Å². The van der Waals surface area contributed by atoms with Gasteiger partial charge in [-0.25, -0.2) is 8.42 Å². The molecule has 7 nitrogen and oxygen atoms in total. The molecule has 0 aromatic heterocycles. The van der Waals surface area contributed by atoms with E-state index < -0.39 is 9.84 Å². The zero-order chi connectivity index (χ0) is 16.8. The highest BCUT2D eigenvalue weighted by molar-refractivity contribution is 7.91. The van der Waals surface area contributed by atoms with E-state index in [1.165, 1.54) is 37.3 Å². The molecule has 0 saturated heterocycles. The van der Waals surface area contributed by atoms with Crippen LogP contribution in [0.4, 0.5) is 5.69 Å². The Morgan fingerprint density at radius 1 is 1.23 bits per heavy atom. The van der Waals surface area contributed by atoms with Gasteiger partial charge in [-0.05, 0) is 49.5 Å². The number of allylic oxidation sites excluding steroid dienone is 1. The van der Waals surface area contributed by atoms with Crippen LogP contribution < -0.4 is 21.9 Å². The molecule has 120 valence electrons. The van der Waals surface area contributed by atoms with Gasteiger partial charge in [0.15, 0.2) is 14.9 Å². The number of hydrogen-bond donors (Lipinski definition) is 4. The number of thiocarbonyl (C=S) groups is 1. The Balaban J connectivity index is 2.75. The summed E-state index contributed by atoms with van der Waals surface area (Å²) in [6.45, 7) is 3.06. The van der Waals surface area contributed by atoms with Gasteiger partial charge in [0.25, 0.3) is 0 Å². The summed E-state index contributed by atoms with van der Waals surface area (Å²) in [5.74, 6) is -0.393. The number of carbonyl (C=O) groups excluding carboxylic acids is 1. The van der Waals surface area contributed by atoms with E-state index in [4.69, 9.17) is 5.73 Å². The highest BCUT2D eigenvalue weighted by atomic mass is 32.2. The summed E-state index contributed by atoms with van der Waals surface area (Å²) < 4.78 is 24.4. The zero-order valence-electron chi connectivity index (χ0n) is 12.2. The van der Waals surface area contributed by atoms with E-state index in [1.807, 2.05) is 0 Å². The first-order valence-corrected chi connectivity index (χ1v) is 8.35. The Kier molecular flexibility index (Phi) is 6.32. The Bertz CT molecular complexity index is 682. The molecule has 0 aliphatic heterocycles. The van der Waals surface area contributed by atoms with E-state index in [0.29, 0.717) is 11.4 Å². The van der Waals surface area contributed by atoms with Crippen molar-refractivity contribution in [2.24, 2.45) is 5.73 Å². The zero-order valence-corrected chi connectivity index (χ0v) is 13.8. The highest BCUT2D eigenvalue weighted by Gasteiger charge is 2.12. The van der Waals surface area contributed by atoms with Crippen LogP contribution >= 0.6 is 12.2 Å². The van der Waals surface area contributed by atoms with Crippen LogP contribution in [0.25, 0.3) is 0 Å². The third kappa shape index (κ3) is 6.10. The second-order valence-electron chi connectivity index (χ2n) is 4.49. The van der Waals surface area contributed by atoms with E-state index in [9.17, 15) is 13.2 Å². The summed E-state index contributed by atoms with van der Waals surface area (Å²) in [6, 6.07) is 5.98. The fourth-order valence-electron chi connectivity index (χ4n) is 1.49. The monoisotopic (exact) mass is 342 g/mol. The molecule has 0 bridgehead atoms. The van der Waals surface area contributed by atoms with Crippen LogP contribution in [0.3, 0.4) is 0 Å². The maximum atomic E-state index is 12.2. The van der Waals surface area contributed by atoms with Gasteiger partial charge in [-0.3, -0.25) is 10.2 Å². The maximum Gasteiger partial charge on any atom is 0.221 e. The molecule has 0 aliphatic carbocycles. The molecular weight excluding hydrogens is 324 g/mol. The normalized spacial score (nSPS) is 11.6. The number of sulfone groups is 1. The van der Waals surface area contributed by atoms with Crippen LogP contribution in [-0.4, -0.2) is 25.2 Å². The van der Waals surface area contributed by atoms with Crippen LogP contribution in [0.1, 0.15) is 13.8 Å². The molecule has 1 aromatic rings. The largest absolute Gasteiger partial charge is 0.375 e. The van der Waals surface area contributed by atoms with Crippen molar-refractivity contribution in [1.82, 2.24) is 10.9 Å². The number of anilines is 1. The number of nitrogens with one attached hydrogen (secondary N) is 3. The Morgan fingerprint density at radius 2 is 1.82 bits per heavy atom. The summed E-state index contributed by atoms with van der Waals surface area (Å²) in [5, 5.41) is 2.63. The minimum absolute atomic E-state index is 0.0594. The van der Waals surface area contributed by atoms with Gasteiger partial charge in [0.2, 0.25) is 5.91 Å². The van der Waals surface area contributed by atoms with Gasteiger partial charge in [-0.15, -0.1) is 0 Å². The van der Waals surface area contributed by atoms with Crippen LogP contribution in [0.5, 0.6) is 0 Å². The summed E-state index contributed by atoms with van der Waals surface area (Å²) in [7, 11) is -3.46. The Hall–Kier alpha value is -2.13. The standard InChI is InChI=1S/C13H18N4O3S2/c1-9(16-17-13(14)21)7-8-22(19,20)12-5-3-11(4-6-12)15-10(2)18/h3-7,16H,8H2,1-2H3,(H,15,18)(H3,14,17,21)/b9-7-. The van der Waals surface area contributed by atoms with Crippen LogP contribution in [-0.2, 0) is 14.6 Å². The molecule has 9 heteroatoms. The van der Waals surface area contributed by atoms with Crippen molar-refractivity contribution in [2.75, 3.05) is 11.1 Å².